The van der Waals surface area contributed by atoms with E-state index in [1.165, 1.54) is 37.7 Å². The Balaban J connectivity index is 1.48. The van der Waals surface area contributed by atoms with E-state index in [-0.39, 0.29) is 6.10 Å². The molecule has 1 aromatic carbocycles. The number of halogens is 1. The first-order valence-corrected chi connectivity index (χ1v) is 8.27. The van der Waals surface area contributed by atoms with Gasteiger partial charge in [-0.3, -0.25) is 0 Å². The molecule has 0 radical (unpaired) electrons. The van der Waals surface area contributed by atoms with E-state index in [2.05, 4.69) is 12.2 Å². The highest BCUT2D eigenvalue weighted by Gasteiger charge is 2.24. The Morgan fingerprint density at radius 2 is 2.15 bits per heavy atom. The third-order valence-corrected chi connectivity index (χ3v) is 4.89. The minimum absolute atomic E-state index is 0.268. The monoisotopic (exact) mass is 293 g/mol. The third kappa shape index (κ3) is 3.48. The molecule has 110 valence electrons. The van der Waals surface area contributed by atoms with Crippen LogP contribution < -0.4 is 10.1 Å². The van der Waals surface area contributed by atoms with E-state index in [4.69, 9.17) is 16.3 Å². The normalized spacial score (nSPS) is 29.6. The summed E-state index contributed by atoms with van der Waals surface area (Å²) in [4.78, 5) is 0. The van der Waals surface area contributed by atoms with Gasteiger partial charge < -0.3 is 10.1 Å². The molecule has 1 heterocycles. The molecule has 2 nitrogen and oxygen atoms in total. The van der Waals surface area contributed by atoms with Crippen LogP contribution in [-0.2, 0) is 6.42 Å². The van der Waals surface area contributed by atoms with Crippen LogP contribution in [0.25, 0.3) is 0 Å². The summed E-state index contributed by atoms with van der Waals surface area (Å²) >= 11 is 6.03. The van der Waals surface area contributed by atoms with E-state index in [0.717, 1.165) is 29.7 Å². The van der Waals surface area contributed by atoms with Crippen LogP contribution in [0.1, 0.15) is 44.6 Å². The third-order valence-electron chi connectivity index (χ3n) is 4.66. The number of nitrogens with one attached hydrogen (secondary N) is 1. The molecule has 3 atom stereocenters. The molecule has 0 saturated heterocycles. The van der Waals surface area contributed by atoms with Crippen LogP contribution in [0.5, 0.6) is 5.75 Å². The summed E-state index contributed by atoms with van der Waals surface area (Å²) in [7, 11) is 0. The molecule has 1 aliphatic heterocycles. The van der Waals surface area contributed by atoms with Gasteiger partial charge in [0.15, 0.2) is 0 Å². The molecule has 1 fully saturated rings. The van der Waals surface area contributed by atoms with Gasteiger partial charge in [0.25, 0.3) is 0 Å². The van der Waals surface area contributed by atoms with Gasteiger partial charge in [0.05, 0.1) is 0 Å². The van der Waals surface area contributed by atoms with Gasteiger partial charge in [-0.15, -0.1) is 0 Å². The predicted octanol–water partition coefficient (Wildman–Crippen LogP) is 4.20. The van der Waals surface area contributed by atoms with Crippen LogP contribution in [-0.4, -0.2) is 18.7 Å². The van der Waals surface area contributed by atoms with E-state index in [0.29, 0.717) is 6.04 Å². The Bertz CT molecular complexity index is 462. The first kappa shape index (κ1) is 14.2. The minimum atomic E-state index is 0.268. The lowest BCUT2D eigenvalue weighted by atomic mass is 10.0. The highest BCUT2D eigenvalue weighted by Crippen LogP contribution is 2.31. The van der Waals surface area contributed by atoms with Crippen LogP contribution in [0.4, 0.5) is 0 Å². The lowest BCUT2D eigenvalue weighted by Gasteiger charge is -2.19. The van der Waals surface area contributed by atoms with Crippen molar-refractivity contribution in [2.45, 2.75) is 57.6 Å². The Morgan fingerprint density at radius 1 is 1.25 bits per heavy atom. The fourth-order valence-corrected chi connectivity index (χ4v) is 3.59. The molecule has 1 saturated carbocycles. The average molecular weight is 294 g/mol. The second kappa shape index (κ2) is 6.36. The fourth-order valence-electron chi connectivity index (χ4n) is 3.39. The molecular weight excluding hydrogens is 270 g/mol. The lowest BCUT2D eigenvalue weighted by Crippen LogP contribution is -2.37. The Kier molecular flexibility index (Phi) is 4.52. The van der Waals surface area contributed by atoms with Gasteiger partial charge in [0, 0.05) is 24.0 Å². The van der Waals surface area contributed by atoms with Crippen LogP contribution in [0.15, 0.2) is 18.2 Å². The largest absolute Gasteiger partial charge is 0.488 e. The summed E-state index contributed by atoms with van der Waals surface area (Å²) in [5.74, 6) is 1.91. The molecular formula is C17H24ClNO. The van der Waals surface area contributed by atoms with Crippen molar-refractivity contribution < 1.29 is 4.74 Å². The molecule has 1 aromatic rings. The van der Waals surface area contributed by atoms with Crippen molar-refractivity contribution in [1.29, 1.82) is 0 Å². The maximum absolute atomic E-state index is 6.03. The van der Waals surface area contributed by atoms with Gasteiger partial charge >= 0.3 is 0 Å². The van der Waals surface area contributed by atoms with E-state index in [1.54, 1.807) is 0 Å². The Morgan fingerprint density at radius 3 is 3.05 bits per heavy atom. The molecule has 3 heteroatoms. The smallest absolute Gasteiger partial charge is 0.123 e. The zero-order valence-corrected chi connectivity index (χ0v) is 13.0. The molecule has 20 heavy (non-hydrogen) atoms. The van der Waals surface area contributed by atoms with Crippen molar-refractivity contribution in [2.24, 2.45) is 5.92 Å². The molecule has 0 bridgehead atoms. The standard InChI is InChI=1S/C17H24ClNO/c1-12-3-2-4-15(7-5-12)19-11-16-10-13-9-14(18)6-8-17(13)20-16/h6,8-9,12,15-16,19H,2-5,7,10-11H2,1H3. The van der Waals surface area contributed by atoms with Crippen molar-refractivity contribution in [2.75, 3.05) is 6.54 Å². The topological polar surface area (TPSA) is 21.3 Å². The number of fused-ring (bicyclic) bond motifs is 1. The van der Waals surface area contributed by atoms with E-state index in [9.17, 15) is 0 Å². The second-order valence-electron chi connectivity index (χ2n) is 6.41. The molecule has 1 aliphatic carbocycles. The fraction of sp³-hybridized carbons (Fsp3) is 0.647. The molecule has 3 rings (SSSR count). The zero-order chi connectivity index (χ0) is 13.9. The van der Waals surface area contributed by atoms with E-state index < -0.39 is 0 Å². The molecule has 1 N–H and O–H groups in total. The number of hydrogen-bond donors (Lipinski definition) is 1. The maximum Gasteiger partial charge on any atom is 0.123 e. The Labute approximate surface area is 126 Å². The summed E-state index contributed by atoms with van der Waals surface area (Å²) in [6, 6.07) is 6.61. The first-order valence-electron chi connectivity index (χ1n) is 7.89. The lowest BCUT2D eigenvalue weighted by molar-refractivity contribution is 0.218. The minimum Gasteiger partial charge on any atom is -0.488 e. The quantitative estimate of drug-likeness (QED) is 0.843. The summed E-state index contributed by atoms with van der Waals surface area (Å²) in [5, 5.41) is 4.52. The van der Waals surface area contributed by atoms with Gasteiger partial charge in [0.1, 0.15) is 11.9 Å². The van der Waals surface area contributed by atoms with Gasteiger partial charge in [0.2, 0.25) is 0 Å². The predicted molar refractivity (Wildman–Crippen MR) is 83.6 cm³/mol. The van der Waals surface area contributed by atoms with Crippen molar-refractivity contribution in [3.63, 3.8) is 0 Å². The summed E-state index contributed by atoms with van der Waals surface area (Å²) in [6.07, 6.45) is 7.99. The van der Waals surface area contributed by atoms with Gasteiger partial charge in [-0.05, 0) is 48.9 Å². The van der Waals surface area contributed by atoms with Crippen LogP contribution in [0, 0.1) is 5.92 Å². The van der Waals surface area contributed by atoms with E-state index >= 15 is 0 Å². The zero-order valence-electron chi connectivity index (χ0n) is 12.2. The molecule has 0 spiro atoms. The number of hydrogen-bond acceptors (Lipinski definition) is 2. The first-order chi connectivity index (χ1) is 9.70. The van der Waals surface area contributed by atoms with Crippen molar-refractivity contribution in [1.82, 2.24) is 5.32 Å². The number of rotatable bonds is 3. The summed E-state index contributed by atoms with van der Waals surface area (Å²) in [5.41, 5.74) is 1.25. The highest BCUT2D eigenvalue weighted by molar-refractivity contribution is 6.30. The van der Waals surface area contributed by atoms with Crippen LogP contribution >= 0.6 is 11.6 Å². The van der Waals surface area contributed by atoms with Gasteiger partial charge in [-0.25, -0.2) is 0 Å². The van der Waals surface area contributed by atoms with Gasteiger partial charge in [-0.2, -0.15) is 0 Å². The molecule has 2 aliphatic rings. The van der Waals surface area contributed by atoms with E-state index in [1.807, 2.05) is 18.2 Å². The Hall–Kier alpha value is -0.730. The SMILES string of the molecule is CC1CCCC(NCC2Cc3cc(Cl)ccc3O2)CC1. The van der Waals surface area contributed by atoms with Crippen LogP contribution in [0.2, 0.25) is 5.02 Å². The number of ether oxygens (including phenoxy) is 1. The average Bonchev–Trinajstić information content (AvgIpc) is 2.71. The molecule has 0 amide bonds. The second-order valence-corrected chi connectivity index (χ2v) is 6.85. The molecule has 0 aromatic heterocycles. The van der Waals surface area contributed by atoms with Crippen molar-refractivity contribution in [3.05, 3.63) is 28.8 Å². The number of benzene rings is 1. The highest BCUT2D eigenvalue weighted by atomic mass is 35.5. The van der Waals surface area contributed by atoms with Gasteiger partial charge in [-0.1, -0.05) is 31.4 Å². The summed E-state index contributed by atoms with van der Waals surface area (Å²) in [6.45, 7) is 3.33. The van der Waals surface area contributed by atoms with Crippen LogP contribution in [0.3, 0.4) is 0 Å². The van der Waals surface area contributed by atoms with Crippen molar-refractivity contribution in [3.8, 4) is 5.75 Å². The van der Waals surface area contributed by atoms with Crippen molar-refractivity contribution >= 4 is 11.6 Å². The molecule has 3 unspecified atom stereocenters. The summed E-state index contributed by atoms with van der Waals surface area (Å²) < 4.78 is 5.98. The maximum atomic E-state index is 6.03.